The number of nitrogen functional groups attached to an aromatic ring is 1. The van der Waals surface area contributed by atoms with Crippen LogP contribution in [-0.2, 0) is 6.54 Å². The summed E-state index contributed by atoms with van der Waals surface area (Å²) in [6.07, 6.45) is 2.28. The van der Waals surface area contributed by atoms with Crippen molar-refractivity contribution in [2.45, 2.75) is 32.2 Å². The van der Waals surface area contributed by atoms with Gasteiger partial charge in [-0.2, -0.15) is 0 Å². The monoisotopic (exact) mass is 497 g/mol. The number of nitrogens with zero attached hydrogens (tertiary/aromatic N) is 2. The second kappa shape index (κ2) is 9.83. The average Bonchev–Trinajstić information content (AvgIpc) is 3.63. The van der Waals surface area contributed by atoms with Crippen LogP contribution in [0.15, 0.2) is 72.8 Å². The summed E-state index contributed by atoms with van der Waals surface area (Å²) in [4.78, 5) is 32.6. The number of hydrogen-bond donors (Lipinski definition) is 3. The molecule has 4 aromatic rings. The summed E-state index contributed by atoms with van der Waals surface area (Å²) in [5, 5.41) is 3.30. The van der Waals surface area contributed by atoms with Crippen molar-refractivity contribution in [1.29, 1.82) is 0 Å². The number of benzene rings is 3. The lowest BCUT2D eigenvalue weighted by Crippen LogP contribution is -2.32. The fourth-order valence-electron chi connectivity index (χ4n) is 4.15. The molecular weight excluding hydrogens is 470 g/mol. The molecule has 0 saturated heterocycles. The molecule has 0 atom stereocenters. The number of primary amides is 1. The second-order valence-corrected chi connectivity index (χ2v) is 9.94. The number of nitrogens with one attached hydrogen (secondary N) is 1. The molecule has 1 aromatic heterocycles. The van der Waals surface area contributed by atoms with Crippen LogP contribution in [0, 0.1) is 6.92 Å². The van der Waals surface area contributed by atoms with Crippen molar-refractivity contribution in [2.75, 3.05) is 10.6 Å². The highest BCUT2D eigenvalue weighted by atomic mass is 32.1. The number of amides is 3. The van der Waals surface area contributed by atoms with Gasteiger partial charge in [0.2, 0.25) is 0 Å². The third kappa shape index (κ3) is 4.94. The molecule has 5 N–H and O–H groups in total. The van der Waals surface area contributed by atoms with E-state index in [0.717, 1.165) is 35.3 Å². The number of carbonyl (C=O) groups is 2. The van der Waals surface area contributed by atoms with Gasteiger partial charge in [0, 0.05) is 17.8 Å². The van der Waals surface area contributed by atoms with Gasteiger partial charge in [0.05, 0.1) is 11.4 Å². The summed E-state index contributed by atoms with van der Waals surface area (Å²) in [6, 6.07) is 22.3. The first-order valence-corrected chi connectivity index (χ1v) is 12.6. The second-order valence-electron chi connectivity index (χ2n) is 8.96. The molecule has 8 heteroatoms. The molecule has 1 aliphatic rings. The Kier molecular flexibility index (Phi) is 6.43. The lowest BCUT2D eigenvalue weighted by Gasteiger charge is -2.20. The summed E-state index contributed by atoms with van der Waals surface area (Å²) in [7, 11) is 0. The Labute approximate surface area is 213 Å². The van der Waals surface area contributed by atoms with Gasteiger partial charge in [-0.15, -0.1) is 0 Å². The summed E-state index contributed by atoms with van der Waals surface area (Å²) in [5.41, 5.74) is 17.3. The quantitative estimate of drug-likeness (QED) is 0.283. The van der Waals surface area contributed by atoms with E-state index in [1.165, 1.54) is 10.5 Å². The average molecular weight is 498 g/mol. The topological polar surface area (TPSA) is 114 Å². The molecular formula is C28H27N5O2S. The van der Waals surface area contributed by atoms with E-state index in [-0.39, 0.29) is 5.91 Å². The third-order valence-electron chi connectivity index (χ3n) is 6.21. The predicted octanol–water partition coefficient (Wildman–Crippen LogP) is 5.72. The Hall–Kier alpha value is -4.17. The van der Waals surface area contributed by atoms with Gasteiger partial charge in [0.15, 0.2) is 5.13 Å². The number of rotatable bonds is 7. The minimum absolute atomic E-state index is 0.284. The van der Waals surface area contributed by atoms with Gasteiger partial charge in [-0.1, -0.05) is 65.9 Å². The highest BCUT2D eigenvalue weighted by Crippen LogP contribution is 2.43. The normalized spacial score (nSPS) is 12.8. The molecule has 1 heterocycles. The Bertz CT molecular complexity index is 1430. The van der Waals surface area contributed by atoms with Crippen molar-refractivity contribution >= 4 is 39.8 Å². The van der Waals surface area contributed by atoms with Crippen molar-refractivity contribution < 1.29 is 9.59 Å². The minimum Gasteiger partial charge on any atom is -0.399 e. The van der Waals surface area contributed by atoms with Crippen molar-refractivity contribution in [3.63, 3.8) is 0 Å². The van der Waals surface area contributed by atoms with E-state index in [1.807, 2.05) is 61.5 Å². The molecule has 1 saturated carbocycles. The number of carbonyl (C=O) groups excluding carboxylic acids is 2. The van der Waals surface area contributed by atoms with Crippen LogP contribution < -0.4 is 21.7 Å². The Morgan fingerprint density at radius 1 is 1.06 bits per heavy atom. The molecule has 1 fully saturated rings. The molecule has 3 amide bonds. The van der Waals surface area contributed by atoms with E-state index < -0.39 is 6.03 Å². The van der Waals surface area contributed by atoms with Crippen LogP contribution in [0.4, 0.5) is 21.3 Å². The first kappa shape index (κ1) is 23.6. The van der Waals surface area contributed by atoms with Crippen LogP contribution in [0.3, 0.4) is 0 Å². The van der Waals surface area contributed by atoms with Crippen molar-refractivity contribution in [3.8, 4) is 11.3 Å². The van der Waals surface area contributed by atoms with E-state index in [4.69, 9.17) is 16.5 Å². The van der Waals surface area contributed by atoms with E-state index in [0.29, 0.717) is 45.1 Å². The predicted molar refractivity (Wildman–Crippen MR) is 144 cm³/mol. The summed E-state index contributed by atoms with van der Waals surface area (Å²) in [6.45, 7) is 2.30. The zero-order chi connectivity index (χ0) is 25.2. The number of anilines is 3. The molecule has 36 heavy (non-hydrogen) atoms. The maximum atomic E-state index is 13.4. The molecule has 3 aromatic carbocycles. The molecule has 7 nitrogen and oxygen atoms in total. The zero-order valence-electron chi connectivity index (χ0n) is 19.9. The number of nitrogens with two attached hydrogens (primary N) is 2. The van der Waals surface area contributed by atoms with Crippen LogP contribution in [0.2, 0.25) is 0 Å². The van der Waals surface area contributed by atoms with Gasteiger partial charge in [-0.3, -0.25) is 4.79 Å². The largest absolute Gasteiger partial charge is 0.399 e. The highest BCUT2D eigenvalue weighted by molar-refractivity contribution is 7.18. The molecule has 0 bridgehead atoms. The van der Waals surface area contributed by atoms with E-state index in [9.17, 15) is 9.59 Å². The standard InChI is InChI=1S/C28H27N5O2S/c1-17-10-11-20(19-12-13-19)15-23(17)33(27(30)35)28-32-24(21-8-5-9-22(29)14-21)25(36-28)26(34)31-16-18-6-3-2-4-7-18/h2-11,14-15,19H,12-13,16,29H2,1H3,(H2,30,35)(H,31,34). The highest BCUT2D eigenvalue weighted by Gasteiger charge is 2.29. The molecule has 0 aliphatic heterocycles. The molecule has 5 rings (SSSR count). The Morgan fingerprint density at radius 3 is 2.53 bits per heavy atom. The van der Waals surface area contributed by atoms with Gasteiger partial charge in [0.1, 0.15) is 4.88 Å². The lowest BCUT2D eigenvalue weighted by atomic mass is 10.1. The van der Waals surface area contributed by atoms with Crippen molar-refractivity contribution in [3.05, 3.63) is 94.4 Å². The maximum absolute atomic E-state index is 13.4. The summed E-state index contributed by atoms with van der Waals surface area (Å²) in [5.74, 6) is 0.227. The molecule has 0 spiro atoms. The first-order chi connectivity index (χ1) is 17.4. The van der Waals surface area contributed by atoms with Gasteiger partial charge < -0.3 is 16.8 Å². The number of urea groups is 1. The fourth-order valence-corrected chi connectivity index (χ4v) is 5.18. The number of thiazole rings is 1. The van der Waals surface area contributed by atoms with E-state index in [1.54, 1.807) is 12.1 Å². The smallest absolute Gasteiger partial charge is 0.325 e. The summed E-state index contributed by atoms with van der Waals surface area (Å²) < 4.78 is 0. The van der Waals surface area contributed by atoms with Crippen LogP contribution in [0.25, 0.3) is 11.3 Å². The molecule has 0 radical (unpaired) electrons. The van der Waals surface area contributed by atoms with Crippen molar-refractivity contribution in [1.82, 2.24) is 10.3 Å². The van der Waals surface area contributed by atoms with Crippen LogP contribution in [-0.4, -0.2) is 16.9 Å². The van der Waals surface area contributed by atoms with E-state index in [2.05, 4.69) is 11.4 Å². The van der Waals surface area contributed by atoms with E-state index >= 15 is 0 Å². The lowest BCUT2D eigenvalue weighted by molar-refractivity contribution is 0.0955. The Morgan fingerprint density at radius 2 is 1.83 bits per heavy atom. The molecule has 1 aliphatic carbocycles. The molecule has 0 unspecified atom stereocenters. The number of aromatic nitrogens is 1. The van der Waals surface area contributed by atoms with Gasteiger partial charge >= 0.3 is 6.03 Å². The SMILES string of the molecule is Cc1ccc(C2CC2)cc1N(C(N)=O)c1nc(-c2cccc(N)c2)c(C(=O)NCc2ccccc2)s1. The summed E-state index contributed by atoms with van der Waals surface area (Å²) >= 11 is 1.13. The molecule has 182 valence electrons. The minimum atomic E-state index is -0.657. The fraction of sp³-hybridized carbons (Fsp3) is 0.179. The van der Waals surface area contributed by atoms with Crippen LogP contribution in [0.1, 0.15) is 45.1 Å². The third-order valence-corrected chi connectivity index (χ3v) is 7.25. The van der Waals surface area contributed by atoms with Crippen LogP contribution in [0.5, 0.6) is 0 Å². The van der Waals surface area contributed by atoms with Crippen molar-refractivity contribution in [2.24, 2.45) is 5.73 Å². The maximum Gasteiger partial charge on any atom is 0.325 e. The number of hydrogen-bond acceptors (Lipinski definition) is 5. The van der Waals surface area contributed by atoms with Gasteiger partial charge in [-0.25, -0.2) is 14.7 Å². The van der Waals surface area contributed by atoms with Gasteiger partial charge in [-0.05, 0) is 60.6 Å². The number of aryl methyl sites for hydroxylation is 1. The van der Waals surface area contributed by atoms with Crippen LogP contribution >= 0.6 is 11.3 Å². The first-order valence-electron chi connectivity index (χ1n) is 11.8. The zero-order valence-corrected chi connectivity index (χ0v) is 20.7. The Balaban J connectivity index is 1.56. The van der Waals surface area contributed by atoms with Gasteiger partial charge in [0.25, 0.3) is 5.91 Å².